The fourth-order valence-corrected chi connectivity index (χ4v) is 2.16. The van der Waals surface area contributed by atoms with Crippen LogP contribution in [0, 0.1) is 5.82 Å². The maximum atomic E-state index is 13.0. The van der Waals surface area contributed by atoms with Crippen LogP contribution in [0.15, 0.2) is 16.6 Å². The van der Waals surface area contributed by atoms with Crippen LogP contribution in [0.25, 0.3) is 0 Å². The largest absolute Gasteiger partial charge is 0.463 e. The van der Waals surface area contributed by atoms with Crippen LogP contribution in [-0.4, -0.2) is 17.6 Å². The van der Waals surface area contributed by atoms with E-state index < -0.39 is 29.8 Å². The summed E-state index contributed by atoms with van der Waals surface area (Å²) >= 11 is 2.88. The van der Waals surface area contributed by atoms with Gasteiger partial charge in [-0.2, -0.15) is 13.2 Å². The van der Waals surface area contributed by atoms with Crippen LogP contribution in [-0.2, 0) is 0 Å². The van der Waals surface area contributed by atoms with Crippen LogP contribution in [0.3, 0.4) is 0 Å². The minimum absolute atomic E-state index is 0.0494. The predicted molar refractivity (Wildman–Crippen MR) is 49.5 cm³/mol. The highest BCUT2D eigenvalue weighted by molar-refractivity contribution is 9.10. The molecule has 1 aromatic carbocycles. The zero-order chi connectivity index (χ0) is 12.1. The van der Waals surface area contributed by atoms with Gasteiger partial charge in [-0.1, -0.05) is 0 Å². The number of rotatable bonds is 0. The SMILES string of the molecule is OC1Oc2c(Br)cc(F)cc2C1C(F)(F)F. The second-order valence-electron chi connectivity index (χ2n) is 3.33. The van der Waals surface area contributed by atoms with Crippen molar-refractivity contribution in [3.63, 3.8) is 0 Å². The van der Waals surface area contributed by atoms with Crippen molar-refractivity contribution >= 4 is 15.9 Å². The molecule has 7 heteroatoms. The molecule has 0 spiro atoms. The average Bonchev–Trinajstić information content (AvgIpc) is 2.40. The second-order valence-corrected chi connectivity index (χ2v) is 4.19. The zero-order valence-corrected chi connectivity index (χ0v) is 9.14. The lowest BCUT2D eigenvalue weighted by Gasteiger charge is -2.16. The lowest BCUT2D eigenvalue weighted by atomic mass is 9.99. The highest BCUT2D eigenvalue weighted by Gasteiger charge is 2.52. The van der Waals surface area contributed by atoms with Gasteiger partial charge in [-0.25, -0.2) is 4.39 Å². The Morgan fingerprint density at radius 3 is 2.50 bits per heavy atom. The molecule has 0 amide bonds. The Labute approximate surface area is 96.0 Å². The first kappa shape index (κ1) is 11.7. The molecule has 2 rings (SSSR count). The lowest BCUT2D eigenvalue weighted by Crippen LogP contribution is -2.30. The maximum Gasteiger partial charge on any atom is 0.401 e. The summed E-state index contributed by atoms with van der Waals surface area (Å²) in [6, 6.07) is 1.69. The number of ether oxygens (including phenoxy) is 1. The topological polar surface area (TPSA) is 29.5 Å². The quantitative estimate of drug-likeness (QED) is 0.747. The van der Waals surface area contributed by atoms with Gasteiger partial charge in [0.15, 0.2) is 0 Å². The molecular formula is C9H5BrF4O2. The third kappa shape index (κ3) is 1.78. The van der Waals surface area contributed by atoms with Gasteiger partial charge in [-0.05, 0) is 28.1 Å². The zero-order valence-electron chi connectivity index (χ0n) is 7.55. The molecule has 0 aromatic heterocycles. The molecule has 0 aliphatic carbocycles. The number of aliphatic hydroxyl groups excluding tert-OH is 1. The van der Waals surface area contributed by atoms with E-state index in [1.807, 2.05) is 0 Å². The Morgan fingerprint density at radius 2 is 1.94 bits per heavy atom. The standard InChI is InChI=1S/C9H5BrF4O2/c10-5-2-3(11)1-4-6(9(12,13)14)8(15)16-7(4)5/h1-2,6,8,15H. The molecule has 16 heavy (non-hydrogen) atoms. The van der Waals surface area contributed by atoms with Crippen molar-refractivity contribution in [1.82, 2.24) is 0 Å². The summed E-state index contributed by atoms with van der Waals surface area (Å²) in [5.74, 6) is -3.21. The first-order chi connectivity index (χ1) is 7.30. The first-order valence-corrected chi connectivity index (χ1v) is 5.00. The van der Waals surface area contributed by atoms with E-state index in [4.69, 9.17) is 0 Å². The molecule has 1 aliphatic rings. The van der Waals surface area contributed by atoms with Crippen LogP contribution in [0.1, 0.15) is 11.5 Å². The highest BCUT2D eigenvalue weighted by Crippen LogP contribution is 2.49. The highest BCUT2D eigenvalue weighted by atomic mass is 79.9. The molecule has 88 valence electrons. The van der Waals surface area contributed by atoms with E-state index in [9.17, 15) is 22.7 Å². The monoisotopic (exact) mass is 300 g/mol. The molecule has 0 bridgehead atoms. The molecule has 0 radical (unpaired) electrons. The second kappa shape index (κ2) is 3.59. The van der Waals surface area contributed by atoms with Gasteiger partial charge in [0, 0.05) is 5.56 Å². The fraction of sp³-hybridized carbons (Fsp3) is 0.333. The van der Waals surface area contributed by atoms with Gasteiger partial charge in [0.05, 0.1) is 4.47 Å². The third-order valence-electron chi connectivity index (χ3n) is 2.25. The Balaban J connectivity index is 2.56. The molecule has 2 nitrogen and oxygen atoms in total. The van der Waals surface area contributed by atoms with Crippen molar-refractivity contribution < 1.29 is 27.4 Å². The normalized spacial score (nSPS) is 24.1. The summed E-state index contributed by atoms with van der Waals surface area (Å²) < 4.78 is 55.4. The minimum atomic E-state index is -4.68. The van der Waals surface area contributed by atoms with E-state index in [0.717, 1.165) is 6.07 Å². The summed E-state index contributed by atoms with van der Waals surface area (Å²) in [7, 11) is 0. The molecule has 1 N–H and O–H groups in total. The Bertz CT molecular complexity index is 432. The van der Waals surface area contributed by atoms with Crippen LogP contribution < -0.4 is 4.74 Å². The van der Waals surface area contributed by atoms with E-state index in [-0.39, 0.29) is 10.2 Å². The van der Waals surface area contributed by atoms with E-state index in [2.05, 4.69) is 20.7 Å². The Kier molecular flexibility index (Phi) is 2.62. The van der Waals surface area contributed by atoms with Crippen LogP contribution in [0.2, 0.25) is 0 Å². The van der Waals surface area contributed by atoms with Gasteiger partial charge in [0.1, 0.15) is 17.5 Å². The number of aliphatic hydroxyl groups is 1. The summed E-state index contributed by atoms with van der Waals surface area (Å²) in [5.41, 5.74) is -0.396. The average molecular weight is 301 g/mol. The van der Waals surface area contributed by atoms with Gasteiger partial charge in [-0.3, -0.25) is 0 Å². The van der Waals surface area contributed by atoms with Crippen molar-refractivity contribution in [2.45, 2.75) is 18.4 Å². The molecule has 2 atom stereocenters. The molecule has 0 saturated heterocycles. The number of fused-ring (bicyclic) bond motifs is 1. The predicted octanol–water partition coefficient (Wildman–Crippen LogP) is 2.94. The smallest absolute Gasteiger partial charge is 0.401 e. The number of benzene rings is 1. The molecule has 1 heterocycles. The summed E-state index contributed by atoms with van der Waals surface area (Å²) in [6.45, 7) is 0. The maximum absolute atomic E-state index is 13.0. The lowest BCUT2D eigenvalue weighted by molar-refractivity contribution is -0.191. The van der Waals surface area contributed by atoms with Crippen LogP contribution in [0.5, 0.6) is 5.75 Å². The number of hydrogen-bond donors (Lipinski definition) is 1. The number of halogens is 5. The van der Waals surface area contributed by atoms with Gasteiger partial charge in [0.2, 0.25) is 6.29 Å². The van der Waals surface area contributed by atoms with E-state index in [0.29, 0.717) is 6.07 Å². The number of alkyl halides is 3. The van der Waals surface area contributed by atoms with Crippen molar-refractivity contribution in [1.29, 1.82) is 0 Å². The Hall–Kier alpha value is -0.820. The minimum Gasteiger partial charge on any atom is -0.463 e. The van der Waals surface area contributed by atoms with Crippen molar-refractivity contribution in [3.05, 3.63) is 28.0 Å². The summed E-state index contributed by atoms with van der Waals surface area (Å²) in [4.78, 5) is 0. The van der Waals surface area contributed by atoms with E-state index >= 15 is 0 Å². The van der Waals surface area contributed by atoms with Crippen molar-refractivity contribution in [2.75, 3.05) is 0 Å². The van der Waals surface area contributed by atoms with Gasteiger partial charge < -0.3 is 9.84 Å². The Morgan fingerprint density at radius 1 is 1.31 bits per heavy atom. The fourth-order valence-electron chi connectivity index (χ4n) is 1.62. The molecular weight excluding hydrogens is 296 g/mol. The van der Waals surface area contributed by atoms with Crippen LogP contribution >= 0.6 is 15.9 Å². The first-order valence-electron chi connectivity index (χ1n) is 4.21. The van der Waals surface area contributed by atoms with Crippen molar-refractivity contribution in [2.24, 2.45) is 0 Å². The summed E-state index contributed by atoms with van der Waals surface area (Å²) in [6.07, 6.45) is -6.72. The molecule has 0 saturated carbocycles. The van der Waals surface area contributed by atoms with Crippen LogP contribution in [0.4, 0.5) is 17.6 Å². The number of hydrogen-bond acceptors (Lipinski definition) is 2. The molecule has 2 unspecified atom stereocenters. The van der Waals surface area contributed by atoms with Gasteiger partial charge in [-0.15, -0.1) is 0 Å². The van der Waals surface area contributed by atoms with E-state index in [1.54, 1.807) is 0 Å². The molecule has 1 aliphatic heterocycles. The van der Waals surface area contributed by atoms with Gasteiger partial charge in [0.25, 0.3) is 0 Å². The third-order valence-corrected chi connectivity index (χ3v) is 2.84. The van der Waals surface area contributed by atoms with Gasteiger partial charge >= 0.3 is 6.18 Å². The summed E-state index contributed by atoms with van der Waals surface area (Å²) in [5, 5.41) is 9.18. The molecule has 1 aromatic rings. The van der Waals surface area contributed by atoms with Crippen molar-refractivity contribution in [3.8, 4) is 5.75 Å². The van der Waals surface area contributed by atoms with E-state index in [1.165, 1.54) is 0 Å². The molecule has 0 fully saturated rings.